The first-order valence-corrected chi connectivity index (χ1v) is 6.62. The van der Waals surface area contributed by atoms with Crippen LogP contribution in [0.5, 0.6) is 0 Å². The highest BCUT2D eigenvalue weighted by molar-refractivity contribution is 9.08. The number of alkyl halides is 1. The number of hydrogen-bond acceptors (Lipinski definition) is 3. The lowest BCUT2D eigenvalue weighted by molar-refractivity contribution is 0.777. The van der Waals surface area contributed by atoms with Crippen molar-refractivity contribution in [3.63, 3.8) is 0 Å². The molecule has 0 aliphatic heterocycles. The van der Waals surface area contributed by atoms with Crippen molar-refractivity contribution < 1.29 is 0 Å². The lowest BCUT2D eigenvalue weighted by Gasteiger charge is -2.22. The van der Waals surface area contributed by atoms with Gasteiger partial charge in [-0.05, 0) is 24.5 Å². The third-order valence-electron chi connectivity index (χ3n) is 2.71. The zero-order valence-electron chi connectivity index (χ0n) is 9.06. The minimum Gasteiger partial charge on any atom is -0.353 e. The first-order valence-electron chi connectivity index (χ1n) is 5.49. The monoisotopic (exact) mass is 279 g/mol. The van der Waals surface area contributed by atoms with Crippen molar-refractivity contribution in [3.8, 4) is 6.07 Å². The van der Waals surface area contributed by atoms with Crippen LogP contribution in [0, 0.1) is 11.3 Å². The van der Waals surface area contributed by atoms with Crippen LogP contribution in [-0.4, -0.2) is 17.6 Å². The molecule has 0 unspecified atom stereocenters. The van der Waals surface area contributed by atoms with Gasteiger partial charge in [0.25, 0.3) is 0 Å². The smallest absolute Gasteiger partial charge is 0.128 e. The second kappa shape index (κ2) is 5.31. The molecule has 2 rings (SSSR count). The third-order valence-corrected chi connectivity index (χ3v) is 3.36. The van der Waals surface area contributed by atoms with Crippen LogP contribution in [0.25, 0.3) is 0 Å². The summed E-state index contributed by atoms with van der Waals surface area (Å²) in [6.07, 6.45) is 4.92. The standard InChI is InChI=1S/C12H14BrN3/c13-8-10-2-5-12(15-9-10)16(7-1-6-14)11-3-4-11/h2,5,9,11H,1,3-4,7-8H2. The van der Waals surface area contributed by atoms with Gasteiger partial charge >= 0.3 is 0 Å². The van der Waals surface area contributed by atoms with Crippen molar-refractivity contribution in [2.24, 2.45) is 0 Å². The molecule has 0 atom stereocenters. The quantitative estimate of drug-likeness (QED) is 0.779. The van der Waals surface area contributed by atoms with E-state index >= 15 is 0 Å². The van der Waals surface area contributed by atoms with Gasteiger partial charge in [-0.25, -0.2) is 4.98 Å². The Morgan fingerprint density at radius 2 is 2.31 bits per heavy atom. The van der Waals surface area contributed by atoms with Crippen LogP contribution in [0.1, 0.15) is 24.8 Å². The Labute approximate surface area is 104 Å². The van der Waals surface area contributed by atoms with E-state index in [2.05, 4.69) is 37.9 Å². The molecule has 1 aliphatic rings. The van der Waals surface area contributed by atoms with Gasteiger partial charge in [0.1, 0.15) is 5.82 Å². The molecule has 1 aliphatic carbocycles. The van der Waals surface area contributed by atoms with E-state index in [1.165, 1.54) is 18.4 Å². The molecule has 1 saturated carbocycles. The summed E-state index contributed by atoms with van der Waals surface area (Å²) in [6, 6.07) is 6.93. The Hall–Kier alpha value is -1.08. The van der Waals surface area contributed by atoms with E-state index in [0.29, 0.717) is 12.5 Å². The summed E-state index contributed by atoms with van der Waals surface area (Å²) in [6.45, 7) is 0.793. The highest BCUT2D eigenvalue weighted by Crippen LogP contribution is 2.30. The number of pyridine rings is 1. The summed E-state index contributed by atoms with van der Waals surface area (Å²) in [5.74, 6) is 1.00. The molecule has 16 heavy (non-hydrogen) atoms. The Morgan fingerprint density at radius 3 is 2.81 bits per heavy atom. The molecule has 0 spiro atoms. The molecule has 3 nitrogen and oxygen atoms in total. The summed E-state index contributed by atoms with van der Waals surface area (Å²) < 4.78 is 0. The molecule has 0 bridgehead atoms. The predicted molar refractivity (Wildman–Crippen MR) is 67.5 cm³/mol. The number of hydrogen-bond donors (Lipinski definition) is 0. The molecule has 1 aromatic heterocycles. The molecule has 0 amide bonds. The number of aromatic nitrogens is 1. The fraction of sp³-hybridized carbons (Fsp3) is 0.500. The van der Waals surface area contributed by atoms with E-state index < -0.39 is 0 Å². The van der Waals surface area contributed by atoms with E-state index in [4.69, 9.17) is 5.26 Å². The largest absolute Gasteiger partial charge is 0.353 e. The van der Waals surface area contributed by atoms with Gasteiger partial charge in [-0.2, -0.15) is 5.26 Å². The van der Waals surface area contributed by atoms with Crippen molar-refractivity contribution in [1.82, 2.24) is 4.98 Å². The molecule has 4 heteroatoms. The van der Waals surface area contributed by atoms with Crippen molar-refractivity contribution in [3.05, 3.63) is 23.9 Å². The molecule has 0 aromatic carbocycles. The zero-order valence-corrected chi connectivity index (χ0v) is 10.7. The Balaban J connectivity index is 2.08. The summed E-state index contributed by atoms with van der Waals surface area (Å²) in [7, 11) is 0. The molecule has 1 aromatic rings. The van der Waals surface area contributed by atoms with E-state index in [9.17, 15) is 0 Å². The summed E-state index contributed by atoms with van der Waals surface area (Å²) >= 11 is 3.41. The maximum atomic E-state index is 8.64. The van der Waals surface area contributed by atoms with Crippen molar-refractivity contribution in [2.75, 3.05) is 11.4 Å². The van der Waals surface area contributed by atoms with E-state index in [1.54, 1.807) is 0 Å². The first-order chi connectivity index (χ1) is 7.85. The topological polar surface area (TPSA) is 39.9 Å². The maximum absolute atomic E-state index is 8.64. The molecule has 84 valence electrons. The summed E-state index contributed by atoms with van der Waals surface area (Å²) in [5, 5.41) is 9.48. The number of halogens is 1. The first kappa shape index (κ1) is 11.4. The normalized spacial score (nSPS) is 14.5. The molecule has 0 radical (unpaired) electrons. The predicted octanol–water partition coefficient (Wildman–Crippen LogP) is 2.86. The maximum Gasteiger partial charge on any atom is 0.128 e. The van der Waals surface area contributed by atoms with Crippen LogP contribution in [0.2, 0.25) is 0 Å². The van der Waals surface area contributed by atoms with Gasteiger partial charge in [0.2, 0.25) is 0 Å². The second-order valence-electron chi connectivity index (χ2n) is 3.99. The van der Waals surface area contributed by atoms with Crippen molar-refractivity contribution in [1.29, 1.82) is 5.26 Å². The average molecular weight is 280 g/mol. The molecule has 1 heterocycles. The van der Waals surface area contributed by atoms with Gasteiger partial charge in [-0.1, -0.05) is 22.0 Å². The highest BCUT2D eigenvalue weighted by atomic mass is 79.9. The third kappa shape index (κ3) is 2.73. The van der Waals surface area contributed by atoms with Gasteiger partial charge in [0, 0.05) is 24.1 Å². The van der Waals surface area contributed by atoms with Crippen LogP contribution >= 0.6 is 15.9 Å². The van der Waals surface area contributed by atoms with Gasteiger partial charge < -0.3 is 4.90 Å². The lowest BCUT2D eigenvalue weighted by Crippen LogP contribution is -2.27. The number of anilines is 1. The van der Waals surface area contributed by atoms with E-state index in [0.717, 1.165) is 17.7 Å². The van der Waals surface area contributed by atoms with Crippen LogP contribution in [0.3, 0.4) is 0 Å². The zero-order chi connectivity index (χ0) is 11.4. The molecule has 0 N–H and O–H groups in total. The second-order valence-corrected chi connectivity index (χ2v) is 4.55. The van der Waals surface area contributed by atoms with Crippen LogP contribution in [0.15, 0.2) is 18.3 Å². The lowest BCUT2D eigenvalue weighted by atomic mass is 10.3. The minimum absolute atomic E-state index is 0.568. The van der Waals surface area contributed by atoms with Gasteiger partial charge in [0.05, 0.1) is 12.5 Å². The number of nitrogens with zero attached hydrogens (tertiary/aromatic N) is 3. The Kier molecular flexibility index (Phi) is 3.79. The van der Waals surface area contributed by atoms with E-state index in [-0.39, 0.29) is 0 Å². The molecule has 1 fully saturated rings. The van der Waals surface area contributed by atoms with Crippen LogP contribution in [-0.2, 0) is 5.33 Å². The summed E-state index contributed by atoms with van der Waals surface area (Å²) in [5.41, 5.74) is 1.18. The van der Waals surface area contributed by atoms with Crippen molar-refractivity contribution >= 4 is 21.7 Å². The SMILES string of the molecule is N#CCCN(c1ccc(CBr)cn1)C1CC1. The highest BCUT2D eigenvalue weighted by Gasteiger charge is 2.29. The number of rotatable bonds is 5. The molecule has 0 saturated heterocycles. The fourth-order valence-electron chi connectivity index (χ4n) is 1.71. The molecular formula is C12H14BrN3. The molecular weight excluding hydrogens is 266 g/mol. The minimum atomic E-state index is 0.568. The number of nitriles is 1. The Bertz CT molecular complexity index is 378. The van der Waals surface area contributed by atoms with Crippen molar-refractivity contribution in [2.45, 2.75) is 30.6 Å². The average Bonchev–Trinajstić information content (AvgIpc) is 3.15. The van der Waals surface area contributed by atoms with Gasteiger partial charge in [-0.15, -0.1) is 0 Å². The fourth-order valence-corrected chi connectivity index (χ4v) is 2.04. The van der Waals surface area contributed by atoms with Gasteiger partial charge in [0.15, 0.2) is 0 Å². The Morgan fingerprint density at radius 1 is 1.50 bits per heavy atom. The van der Waals surface area contributed by atoms with E-state index in [1.807, 2.05) is 12.3 Å². The van der Waals surface area contributed by atoms with Crippen LogP contribution in [0.4, 0.5) is 5.82 Å². The summed E-state index contributed by atoms with van der Waals surface area (Å²) in [4.78, 5) is 6.70. The van der Waals surface area contributed by atoms with Gasteiger partial charge in [-0.3, -0.25) is 0 Å². The van der Waals surface area contributed by atoms with Crippen LogP contribution < -0.4 is 4.90 Å².